The van der Waals surface area contributed by atoms with Gasteiger partial charge in [-0.05, 0) is 37.1 Å². The molecule has 4 nitrogen and oxygen atoms in total. The van der Waals surface area contributed by atoms with Crippen molar-refractivity contribution in [1.82, 2.24) is 10.5 Å². The van der Waals surface area contributed by atoms with Crippen LogP contribution in [0, 0.1) is 0 Å². The van der Waals surface area contributed by atoms with E-state index in [0.29, 0.717) is 5.92 Å². The van der Waals surface area contributed by atoms with Gasteiger partial charge in [0, 0.05) is 18.0 Å². The molecule has 4 heteroatoms. The molecule has 1 N–H and O–H groups in total. The Kier molecular flexibility index (Phi) is 3.51. The third kappa shape index (κ3) is 2.49. The van der Waals surface area contributed by atoms with Crippen molar-refractivity contribution in [3.63, 3.8) is 0 Å². The average Bonchev–Trinajstić information content (AvgIpc) is 2.98. The molecule has 19 heavy (non-hydrogen) atoms. The molecule has 0 aliphatic carbocycles. The maximum Gasteiger partial charge on any atom is 0.148 e. The van der Waals surface area contributed by atoms with E-state index in [2.05, 4.69) is 16.5 Å². The number of methoxy groups -OCH3 is 1. The van der Waals surface area contributed by atoms with Gasteiger partial charge in [0.2, 0.25) is 0 Å². The molecule has 1 aliphatic heterocycles. The van der Waals surface area contributed by atoms with Gasteiger partial charge in [-0.3, -0.25) is 0 Å². The summed E-state index contributed by atoms with van der Waals surface area (Å²) in [6.45, 7) is 2.06. The van der Waals surface area contributed by atoms with Crippen LogP contribution in [0.25, 0.3) is 11.1 Å². The molecule has 0 spiro atoms. The van der Waals surface area contributed by atoms with Gasteiger partial charge in [-0.25, -0.2) is 0 Å². The molecule has 1 aromatic heterocycles. The van der Waals surface area contributed by atoms with E-state index in [9.17, 15) is 0 Å². The highest BCUT2D eigenvalue weighted by molar-refractivity contribution is 5.66. The molecule has 0 bridgehead atoms. The molecule has 1 fully saturated rings. The highest BCUT2D eigenvalue weighted by atomic mass is 16.5. The van der Waals surface area contributed by atoms with E-state index in [-0.39, 0.29) is 0 Å². The first-order valence-electron chi connectivity index (χ1n) is 6.68. The Morgan fingerprint density at radius 1 is 1.42 bits per heavy atom. The van der Waals surface area contributed by atoms with Crippen molar-refractivity contribution >= 4 is 0 Å². The number of benzene rings is 1. The molecule has 1 atom stereocenters. The quantitative estimate of drug-likeness (QED) is 0.919. The van der Waals surface area contributed by atoms with Crippen molar-refractivity contribution in [1.29, 1.82) is 0 Å². The second-order valence-electron chi connectivity index (χ2n) is 4.88. The number of hydrogen-bond acceptors (Lipinski definition) is 4. The van der Waals surface area contributed by atoms with E-state index in [4.69, 9.17) is 9.26 Å². The molecule has 2 heterocycles. The molecule has 100 valence electrons. The molecule has 0 radical (unpaired) electrons. The zero-order valence-electron chi connectivity index (χ0n) is 11.1. The van der Waals surface area contributed by atoms with Crippen LogP contribution in [0.3, 0.4) is 0 Å². The van der Waals surface area contributed by atoms with Crippen LogP contribution in [-0.2, 0) is 0 Å². The molecule has 1 unspecified atom stereocenters. The second kappa shape index (κ2) is 5.45. The number of aromatic nitrogens is 1. The lowest BCUT2D eigenvalue weighted by atomic mass is 9.92. The maximum absolute atomic E-state index is 5.50. The highest BCUT2D eigenvalue weighted by Gasteiger charge is 2.23. The van der Waals surface area contributed by atoms with Gasteiger partial charge < -0.3 is 14.6 Å². The summed E-state index contributed by atoms with van der Waals surface area (Å²) in [5.41, 5.74) is 2.17. The van der Waals surface area contributed by atoms with Crippen molar-refractivity contribution in [2.24, 2.45) is 0 Å². The Labute approximate surface area is 112 Å². The summed E-state index contributed by atoms with van der Waals surface area (Å²) in [5.74, 6) is 2.25. The van der Waals surface area contributed by atoms with E-state index in [1.165, 1.54) is 6.42 Å². The standard InChI is InChI=1S/C15H18N2O2/c1-18-13-6-2-4-11(8-13)14-10-17-19-15(14)12-5-3-7-16-9-12/h2,4,6,8,10,12,16H,3,5,7,9H2,1H3. The summed E-state index contributed by atoms with van der Waals surface area (Å²) in [5, 5.41) is 7.40. The van der Waals surface area contributed by atoms with Crippen LogP contribution in [-0.4, -0.2) is 25.4 Å². The van der Waals surface area contributed by atoms with E-state index in [1.807, 2.05) is 18.2 Å². The number of nitrogens with one attached hydrogen (secondary N) is 1. The Bertz CT molecular complexity index is 545. The molecular weight excluding hydrogens is 240 g/mol. The number of rotatable bonds is 3. The van der Waals surface area contributed by atoms with Crippen LogP contribution < -0.4 is 10.1 Å². The molecule has 0 saturated carbocycles. The average molecular weight is 258 g/mol. The van der Waals surface area contributed by atoms with Crippen LogP contribution >= 0.6 is 0 Å². The Morgan fingerprint density at radius 2 is 2.37 bits per heavy atom. The van der Waals surface area contributed by atoms with E-state index < -0.39 is 0 Å². The lowest BCUT2D eigenvalue weighted by molar-refractivity contribution is 0.330. The fraction of sp³-hybridized carbons (Fsp3) is 0.400. The topological polar surface area (TPSA) is 47.3 Å². The fourth-order valence-electron chi connectivity index (χ4n) is 2.63. The van der Waals surface area contributed by atoms with Gasteiger partial charge in [-0.1, -0.05) is 17.3 Å². The Balaban J connectivity index is 1.94. The highest BCUT2D eigenvalue weighted by Crippen LogP contribution is 2.33. The van der Waals surface area contributed by atoms with E-state index in [0.717, 1.165) is 42.1 Å². The minimum atomic E-state index is 0.414. The predicted octanol–water partition coefficient (Wildman–Crippen LogP) is 2.82. The van der Waals surface area contributed by atoms with Gasteiger partial charge in [0.1, 0.15) is 11.5 Å². The summed E-state index contributed by atoms with van der Waals surface area (Å²) >= 11 is 0. The van der Waals surface area contributed by atoms with Crippen molar-refractivity contribution in [3.8, 4) is 16.9 Å². The number of hydrogen-bond donors (Lipinski definition) is 1. The SMILES string of the molecule is COc1cccc(-c2cnoc2C2CCCNC2)c1. The third-order valence-corrected chi connectivity index (χ3v) is 3.65. The Morgan fingerprint density at radius 3 is 3.16 bits per heavy atom. The monoisotopic (exact) mass is 258 g/mol. The molecule has 1 aliphatic rings. The van der Waals surface area contributed by atoms with Crippen molar-refractivity contribution in [3.05, 3.63) is 36.2 Å². The van der Waals surface area contributed by atoms with Crippen LogP contribution in [0.1, 0.15) is 24.5 Å². The summed E-state index contributed by atoms with van der Waals surface area (Å²) in [4.78, 5) is 0. The fourth-order valence-corrected chi connectivity index (χ4v) is 2.63. The van der Waals surface area contributed by atoms with Gasteiger partial charge in [-0.2, -0.15) is 0 Å². The summed E-state index contributed by atoms with van der Waals surface area (Å²) < 4.78 is 10.8. The van der Waals surface area contributed by atoms with Gasteiger partial charge in [-0.15, -0.1) is 0 Å². The molecule has 1 saturated heterocycles. The van der Waals surface area contributed by atoms with Crippen molar-refractivity contribution < 1.29 is 9.26 Å². The minimum Gasteiger partial charge on any atom is -0.497 e. The smallest absolute Gasteiger partial charge is 0.148 e. The van der Waals surface area contributed by atoms with Gasteiger partial charge >= 0.3 is 0 Å². The van der Waals surface area contributed by atoms with Crippen LogP contribution in [0.5, 0.6) is 5.75 Å². The largest absolute Gasteiger partial charge is 0.497 e. The minimum absolute atomic E-state index is 0.414. The van der Waals surface area contributed by atoms with E-state index in [1.54, 1.807) is 13.3 Å². The normalized spacial score (nSPS) is 19.3. The lowest BCUT2D eigenvalue weighted by Gasteiger charge is -2.21. The summed E-state index contributed by atoms with van der Waals surface area (Å²) in [6.07, 6.45) is 4.14. The number of piperidine rings is 1. The predicted molar refractivity (Wildman–Crippen MR) is 73.3 cm³/mol. The third-order valence-electron chi connectivity index (χ3n) is 3.65. The van der Waals surface area contributed by atoms with Crippen molar-refractivity contribution in [2.75, 3.05) is 20.2 Å². The number of ether oxygens (including phenoxy) is 1. The van der Waals surface area contributed by atoms with Crippen LogP contribution in [0.15, 0.2) is 35.0 Å². The maximum atomic E-state index is 5.50. The summed E-state index contributed by atoms with van der Waals surface area (Å²) in [7, 11) is 1.68. The first kappa shape index (κ1) is 12.2. The van der Waals surface area contributed by atoms with E-state index >= 15 is 0 Å². The molecule has 3 rings (SSSR count). The zero-order chi connectivity index (χ0) is 13.1. The van der Waals surface area contributed by atoms with Crippen LogP contribution in [0.2, 0.25) is 0 Å². The molecule has 1 aromatic carbocycles. The van der Waals surface area contributed by atoms with Gasteiger partial charge in [0.15, 0.2) is 0 Å². The van der Waals surface area contributed by atoms with Crippen LogP contribution in [0.4, 0.5) is 0 Å². The first-order chi connectivity index (χ1) is 9.38. The number of nitrogens with zero attached hydrogens (tertiary/aromatic N) is 1. The summed E-state index contributed by atoms with van der Waals surface area (Å²) in [6, 6.07) is 8.02. The first-order valence-corrected chi connectivity index (χ1v) is 6.68. The molecular formula is C15H18N2O2. The van der Waals surface area contributed by atoms with Gasteiger partial charge in [0.25, 0.3) is 0 Å². The van der Waals surface area contributed by atoms with Gasteiger partial charge in [0.05, 0.1) is 13.3 Å². The van der Waals surface area contributed by atoms with Crippen molar-refractivity contribution in [2.45, 2.75) is 18.8 Å². The lowest BCUT2D eigenvalue weighted by Crippen LogP contribution is -2.28. The molecule has 2 aromatic rings. The zero-order valence-corrected chi connectivity index (χ0v) is 11.1. The second-order valence-corrected chi connectivity index (χ2v) is 4.88. The Hall–Kier alpha value is -1.81. The molecule has 0 amide bonds.